The van der Waals surface area contributed by atoms with Crippen LogP contribution in [0.15, 0.2) is 12.1 Å². The monoisotopic (exact) mass is 237 g/mol. The Hall–Kier alpha value is -1.53. The van der Waals surface area contributed by atoms with Crippen LogP contribution < -0.4 is 0 Å². The van der Waals surface area contributed by atoms with Crippen molar-refractivity contribution in [2.45, 2.75) is 19.7 Å². The predicted molar refractivity (Wildman–Crippen MR) is 61.4 cm³/mol. The standard InChI is InChI=1S/C12H12ClNO2/c1-3-16-12(15)11-5-9(6-13)4-10(7-14)8(11)2/h4-5H,3,6H2,1-2H3. The molecule has 0 aliphatic carbocycles. The summed E-state index contributed by atoms with van der Waals surface area (Å²) >= 11 is 5.70. The molecule has 0 amide bonds. The van der Waals surface area contributed by atoms with E-state index in [0.29, 0.717) is 23.3 Å². The third kappa shape index (κ3) is 2.53. The van der Waals surface area contributed by atoms with E-state index in [1.807, 2.05) is 6.07 Å². The summed E-state index contributed by atoms with van der Waals surface area (Å²) in [6.45, 7) is 3.78. The summed E-state index contributed by atoms with van der Waals surface area (Å²) < 4.78 is 4.92. The fourth-order valence-electron chi connectivity index (χ4n) is 1.39. The first-order chi connectivity index (χ1) is 7.63. The molecule has 0 fully saturated rings. The average Bonchev–Trinajstić information content (AvgIpc) is 2.29. The van der Waals surface area contributed by atoms with E-state index in [2.05, 4.69) is 0 Å². The molecule has 0 radical (unpaired) electrons. The third-order valence-corrected chi connectivity index (χ3v) is 2.55. The Morgan fingerprint density at radius 3 is 2.75 bits per heavy atom. The Labute approximate surface area is 99.6 Å². The first kappa shape index (κ1) is 12.5. The molecule has 1 aromatic carbocycles. The van der Waals surface area contributed by atoms with Gasteiger partial charge in [0.1, 0.15) is 0 Å². The summed E-state index contributed by atoms with van der Waals surface area (Å²) in [5.74, 6) is -0.148. The number of ether oxygens (including phenoxy) is 1. The van der Waals surface area contributed by atoms with Gasteiger partial charge in [0.15, 0.2) is 0 Å². The number of halogens is 1. The summed E-state index contributed by atoms with van der Waals surface area (Å²) in [5.41, 5.74) is 2.25. The Morgan fingerprint density at radius 1 is 1.56 bits per heavy atom. The first-order valence-electron chi connectivity index (χ1n) is 4.90. The largest absolute Gasteiger partial charge is 0.462 e. The minimum absolute atomic E-state index is 0.265. The second-order valence-corrected chi connectivity index (χ2v) is 3.55. The molecule has 0 aliphatic rings. The number of benzene rings is 1. The Balaban J connectivity index is 3.27. The molecule has 3 nitrogen and oxygen atoms in total. The molecular weight excluding hydrogens is 226 g/mol. The number of esters is 1. The number of nitriles is 1. The molecule has 0 bridgehead atoms. The maximum Gasteiger partial charge on any atom is 0.338 e. The summed E-state index contributed by atoms with van der Waals surface area (Å²) in [7, 11) is 0. The lowest BCUT2D eigenvalue weighted by molar-refractivity contribution is 0.0525. The van der Waals surface area contributed by atoms with E-state index >= 15 is 0 Å². The van der Waals surface area contributed by atoms with Crippen LogP contribution in [0.25, 0.3) is 0 Å². The highest BCUT2D eigenvalue weighted by Gasteiger charge is 2.14. The molecule has 0 atom stereocenters. The zero-order valence-electron chi connectivity index (χ0n) is 9.21. The van der Waals surface area contributed by atoms with Crippen LogP contribution in [0.1, 0.15) is 34.0 Å². The SMILES string of the molecule is CCOC(=O)c1cc(CCl)cc(C#N)c1C. The summed E-state index contributed by atoms with van der Waals surface area (Å²) in [5, 5.41) is 8.93. The van der Waals surface area contributed by atoms with E-state index in [1.165, 1.54) is 0 Å². The van der Waals surface area contributed by atoms with Crippen LogP contribution in [0.4, 0.5) is 0 Å². The fraction of sp³-hybridized carbons (Fsp3) is 0.333. The Morgan fingerprint density at radius 2 is 2.25 bits per heavy atom. The van der Waals surface area contributed by atoms with E-state index in [0.717, 1.165) is 5.56 Å². The van der Waals surface area contributed by atoms with Crippen LogP contribution in [0.5, 0.6) is 0 Å². The molecule has 0 N–H and O–H groups in total. The molecule has 0 heterocycles. The van der Waals surface area contributed by atoms with E-state index in [-0.39, 0.29) is 5.88 Å². The van der Waals surface area contributed by atoms with Gasteiger partial charge in [0.25, 0.3) is 0 Å². The number of alkyl halides is 1. The first-order valence-corrected chi connectivity index (χ1v) is 5.44. The molecule has 1 rings (SSSR count). The number of rotatable bonds is 3. The highest BCUT2D eigenvalue weighted by molar-refractivity contribution is 6.17. The lowest BCUT2D eigenvalue weighted by Crippen LogP contribution is -2.08. The highest BCUT2D eigenvalue weighted by Crippen LogP contribution is 2.18. The van der Waals surface area contributed by atoms with Gasteiger partial charge in [-0.25, -0.2) is 4.79 Å². The summed E-state index contributed by atoms with van der Waals surface area (Å²) in [6.07, 6.45) is 0. The number of carbonyl (C=O) groups is 1. The van der Waals surface area contributed by atoms with Crippen LogP contribution in [-0.2, 0) is 10.6 Å². The van der Waals surface area contributed by atoms with Crippen molar-refractivity contribution in [1.29, 1.82) is 5.26 Å². The molecule has 84 valence electrons. The second kappa shape index (κ2) is 5.53. The molecule has 0 saturated heterocycles. The van der Waals surface area contributed by atoms with Gasteiger partial charge < -0.3 is 4.74 Å². The minimum atomic E-state index is -0.413. The van der Waals surface area contributed by atoms with Crippen LogP contribution in [0, 0.1) is 18.3 Å². The lowest BCUT2D eigenvalue weighted by atomic mass is 10.00. The average molecular weight is 238 g/mol. The van der Waals surface area contributed by atoms with Gasteiger partial charge in [-0.15, -0.1) is 11.6 Å². The van der Waals surface area contributed by atoms with Crippen LogP contribution in [0.3, 0.4) is 0 Å². The number of hydrogen-bond donors (Lipinski definition) is 0. The maximum absolute atomic E-state index is 11.6. The molecule has 0 aromatic heterocycles. The van der Waals surface area contributed by atoms with Crippen molar-refractivity contribution in [2.75, 3.05) is 6.61 Å². The predicted octanol–water partition coefficient (Wildman–Crippen LogP) is 2.78. The topological polar surface area (TPSA) is 50.1 Å². The van der Waals surface area contributed by atoms with Gasteiger partial charge in [-0.1, -0.05) is 0 Å². The van der Waals surface area contributed by atoms with Gasteiger partial charge in [-0.05, 0) is 37.1 Å². The lowest BCUT2D eigenvalue weighted by Gasteiger charge is -2.08. The van der Waals surface area contributed by atoms with Gasteiger partial charge in [0.2, 0.25) is 0 Å². The molecule has 1 aromatic rings. The summed E-state index contributed by atoms with van der Waals surface area (Å²) in [4.78, 5) is 11.6. The molecule has 0 saturated carbocycles. The summed E-state index contributed by atoms with van der Waals surface area (Å²) in [6, 6.07) is 5.39. The second-order valence-electron chi connectivity index (χ2n) is 3.28. The molecule has 16 heavy (non-hydrogen) atoms. The normalized spacial score (nSPS) is 9.62. The fourth-order valence-corrected chi connectivity index (χ4v) is 1.54. The van der Waals surface area contributed by atoms with Crippen LogP contribution in [-0.4, -0.2) is 12.6 Å². The Kier molecular flexibility index (Phi) is 4.33. The Bertz CT molecular complexity index is 449. The van der Waals surface area contributed by atoms with Crippen molar-refractivity contribution < 1.29 is 9.53 Å². The quantitative estimate of drug-likeness (QED) is 0.600. The van der Waals surface area contributed by atoms with E-state index in [9.17, 15) is 4.79 Å². The molecule has 4 heteroatoms. The van der Waals surface area contributed by atoms with Crippen molar-refractivity contribution in [3.63, 3.8) is 0 Å². The van der Waals surface area contributed by atoms with E-state index < -0.39 is 5.97 Å². The van der Waals surface area contributed by atoms with Crippen molar-refractivity contribution in [1.82, 2.24) is 0 Å². The number of nitrogens with zero attached hydrogens (tertiary/aromatic N) is 1. The van der Waals surface area contributed by atoms with Crippen LogP contribution >= 0.6 is 11.6 Å². The van der Waals surface area contributed by atoms with Crippen molar-refractivity contribution in [2.24, 2.45) is 0 Å². The maximum atomic E-state index is 11.6. The number of hydrogen-bond acceptors (Lipinski definition) is 3. The minimum Gasteiger partial charge on any atom is -0.462 e. The third-order valence-electron chi connectivity index (χ3n) is 2.24. The zero-order valence-corrected chi connectivity index (χ0v) is 9.97. The zero-order chi connectivity index (χ0) is 12.1. The molecular formula is C12H12ClNO2. The smallest absolute Gasteiger partial charge is 0.338 e. The van der Waals surface area contributed by atoms with Crippen molar-refractivity contribution in [3.05, 3.63) is 34.4 Å². The van der Waals surface area contributed by atoms with Gasteiger partial charge >= 0.3 is 5.97 Å². The van der Waals surface area contributed by atoms with Gasteiger partial charge in [-0.3, -0.25) is 0 Å². The molecule has 0 aliphatic heterocycles. The van der Waals surface area contributed by atoms with Gasteiger partial charge in [0, 0.05) is 5.88 Å². The van der Waals surface area contributed by atoms with Crippen molar-refractivity contribution >= 4 is 17.6 Å². The molecule has 0 unspecified atom stereocenters. The number of carbonyl (C=O) groups excluding carboxylic acids is 1. The van der Waals surface area contributed by atoms with Gasteiger partial charge in [-0.2, -0.15) is 5.26 Å². The van der Waals surface area contributed by atoms with E-state index in [1.54, 1.807) is 26.0 Å². The van der Waals surface area contributed by atoms with Gasteiger partial charge in [0.05, 0.1) is 23.8 Å². The highest BCUT2D eigenvalue weighted by atomic mass is 35.5. The van der Waals surface area contributed by atoms with Crippen molar-refractivity contribution in [3.8, 4) is 6.07 Å². The van der Waals surface area contributed by atoms with E-state index in [4.69, 9.17) is 21.6 Å². The molecule has 0 spiro atoms. The van der Waals surface area contributed by atoms with Crippen LogP contribution in [0.2, 0.25) is 0 Å².